The van der Waals surface area contributed by atoms with Crippen molar-refractivity contribution >= 4 is 17.6 Å². The molecule has 0 bridgehead atoms. The number of hydrogen-bond acceptors (Lipinski definition) is 4. The first-order valence-electron chi connectivity index (χ1n) is 12.8. The molecular formula is C29H37N3O. The largest absolute Gasteiger partial charge is 0.508 e. The Labute approximate surface area is 198 Å². The van der Waals surface area contributed by atoms with Gasteiger partial charge in [-0.05, 0) is 111 Å². The molecule has 0 unspecified atom stereocenters. The summed E-state index contributed by atoms with van der Waals surface area (Å²) in [5, 5.41) is 19.3. The molecule has 4 atom stereocenters. The molecule has 174 valence electrons. The van der Waals surface area contributed by atoms with Gasteiger partial charge in [-0.15, -0.1) is 0 Å². The summed E-state index contributed by atoms with van der Waals surface area (Å²) in [5.74, 6) is 2.47. The topological polar surface area (TPSA) is 48.2 Å². The van der Waals surface area contributed by atoms with Crippen molar-refractivity contribution < 1.29 is 5.11 Å². The molecule has 1 N–H and O–H groups in total. The second-order valence-corrected chi connectivity index (χ2v) is 10.3. The zero-order valence-corrected chi connectivity index (χ0v) is 20.3. The van der Waals surface area contributed by atoms with Gasteiger partial charge in [0, 0.05) is 29.9 Å². The molecule has 0 spiro atoms. The normalized spacial score (nSPS) is 29.7. The number of aromatic hydroxyl groups is 1. The Morgan fingerprint density at radius 3 is 2.58 bits per heavy atom. The van der Waals surface area contributed by atoms with Crippen molar-refractivity contribution in [2.45, 2.75) is 65.2 Å². The summed E-state index contributed by atoms with van der Waals surface area (Å²) >= 11 is 0. The molecule has 0 heterocycles. The minimum atomic E-state index is 0.180. The minimum Gasteiger partial charge on any atom is -0.508 e. The average molecular weight is 444 g/mol. The fourth-order valence-corrected chi connectivity index (χ4v) is 7.05. The molecule has 5 rings (SSSR count). The zero-order chi connectivity index (χ0) is 23.0. The lowest BCUT2D eigenvalue weighted by molar-refractivity contribution is 0.0955. The Hall–Kier alpha value is -2.62. The highest BCUT2D eigenvalue weighted by molar-refractivity contribution is 5.93. The molecule has 2 saturated carbocycles. The van der Waals surface area contributed by atoms with Crippen LogP contribution in [0.2, 0.25) is 0 Å². The van der Waals surface area contributed by atoms with E-state index >= 15 is 0 Å². The van der Waals surface area contributed by atoms with Crippen LogP contribution in [0.4, 0.5) is 5.69 Å². The molecule has 0 radical (unpaired) electrons. The second-order valence-electron chi connectivity index (χ2n) is 10.3. The number of fused-ring (bicyclic) bond motifs is 5. The van der Waals surface area contributed by atoms with Crippen molar-refractivity contribution in [3.05, 3.63) is 59.2 Å². The lowest BCUT2D eigenvalue weighted by Crippen LogP contribution is -2.42. The monoisotopic (exact) mass is 443 g/mol. The van der Waals surface area contributed by atoms with Crippen molar-refractivity contribution in [2.75, 3.05) is 18.0 Å². The van der Waals surface area contributed by atoms with E-state index in [1.165, 1.54) is 48.2 Å². The van der Waals surface area contributed by atoms with Gasteiger partial charge in [0.2, 0.25) is 0 Å². The summed E-state index contributed by atoms with van der Waals surface area (Å²) in [6.45, 7) is 8.87. The SMILES string of the molecule is CCN(CC)c1ccc(/C=N\N=C2\CC[C@@H]3[C@H]4CCc5cc(O)ccc5[C@@H]4CC[C@@]23C)cc1. The Balaban J connectivity index is 1.31. The predicted molar refractivity (Wildman–Crippen MR) is 138 cm³/mol. The highest BCUT2D eigenvalue weighted by Gasteiger charge is 2.53. The van der Waals surface area contributed by atoms with Crippen LogP contribution in [0.15, 0.2) is 52.7 Å². The first kappa shape index (κ1) is 22.2. The quantitative estimate of drug-likeness (QED) is 0.420. The van der Waals surface area contributed by atoms with Crippen LogP contribution in [0.5, 0.6) is 5.75 Å². The summed E-state index contributed by atoms with van der Waals surface area (Å²) < 4.78 is 0. The van der Waals surface area contributed by atoms with Gasteiger partial charge in [0.25, 0.3) is 0 Å². The highest BCUT2D eigenvalue weighted by Crippen LogP contribution is 2.60. The third-order valence-corrected chi connectivity index (χ3v) is 8.86. The number of aryl methyl sites for hydroxylation is 1. The lowest BCUT2D eigenvalue weighted by Gasteiger charge is -2.49. The van der Waals surface area contributed by atoms with Crippen LogP contribution < -0.4 is 4.90 Å². The standard InChI is InChI=1S/C29H37N3O/c1-4-32(5-2)22-9-6-20(7-10-22)19-30-31-28-15-14-27-26-12-8-21-18-23(33)11-13-24(21)25(26)16-17-29(27,28)3/h6-7,9-11,13,18-19,25-27,33H,4-5,8,12,14-17H2,1-3H3/b30-19-,31-28-/t25-,26-,27+,29+/m0/s1. The second kappa shape index (κ2) is 8.96. The highest BCUT2D eigenvalue weighted by atomic mass is 16.3. The van der Waals surface area contributed by atoms with Crippen LogP contribution in [-0.2, 0) is 6.42 Å². The van der Waals surface area contributed by atoms with Crippen LogP contribution in [0.3, 0.4) is 0 Å². The van der Waals surface area contributed by atoms with E-state index in [-0.39, 0.29) is 5.41 Å². The smallest absolute Gasteiger partial charge is 0.115 e. The van der Waals surface area contributed by atoms with E-state index in [2.05, 4.69) is 61.1 Å². The molecule has 2 aromatic rings. The summed E-state index contributed by atoms with van der Waals surface area (Å²) in [7, 11) is 0. The molecule has 0 aromatic heterocycles. The molecule has 4 nitrogen and oxygen atoms in total. The van der Waals surface area contributed by atoms with E-state index in [0.29, 0.717) is 17.6 Å². The summed E-state index contributed by atoms with van der Waals surface area (Å²) in [6.07, 6.45) is 8.94. The third-order valence-electron chi connectivity index (χ3n) is 8.86. The van der Waals surface area contributed by atoms with Gasteiger partial charge in [-0.25, -0.2) is 0 Å². The van der Waals surface area contributed by atoms with E-state index in [1.807, 2.05) is 18.3 Å². The van der Waals surface area contributed by atoms with E-state index in [4.69, 9.17) is 5.10 Å². The van der Waals surface area contributed by atoms with Crippen molar-refractivity contribution in [1.29, 1.82) is 0 Å². The summed E-state index contributed by atoms with van der Waals surface area (Å²) in [6, 6.07) is 14.7. The van der Waals surface area contributed by atoms with Crippen LogP contribution in [-0.4, -0.2) is 30.1 Å². The zero-order valence-electron chi connectivity index (χ0n) is 20.3. The fraction of sp³-hybridized carbons (Fsp3) is 0.517. The molecule has 0 aliphatic heterocycles. The van der Waals surface area contributed by atoms with Crippen LogP contribution in [0.1, 0.15) is 75.5 Å². The van der Waals surface area contributed by atoms with Crippen molar-refractivity contribution in [2.24, 2.45) is 27.5 Å². The molecule has 3 aliphatic rings. The van der Waals surface area contributed by atoms with Crippen molar-refractivity contribution in [1.82, 2.24) is 0 Å². The number of phenolic OH excluding ortho intramolecular Hbond substituents is 1. The van der Waals surface area contributed by atoms with Gasteiger partial charge in [-0.3, -0.25) is 0 Å². The molecule has 0 amide bonds. The van der Waals surface area contributed by atoms with Gasteiger partial charge in [0.05, 0.1) is 6.21 Å². The van der Waals surface area contributed by atoms with Gasteiger partial charge >= 0.3 is 0 Å². The Bertz CT molecular complexity index is 1050. The van der Waals surface area contributed by atoms with Crippen LogP contribution in [0, 0.1) is 17.3 Å². The number of anilines is 1. The van der Waals surface area contributed by atoms with Crippen molar-refractivity contribution in [3.63, 3.8) is 0 Å². The molecular weight excluding hydrogens is 406 g/mol. The fourth-order valence-electron chi connectivity index (χ4n) is 7.05. The number of hydrogen-bond donors (Lipinski definition) is 1. The van der Waals surface area contributed by atoms with Gasteiger partial charge in [0.15, 0.2) is 0 Å². The molecule has 2 fully saturated rings. The first-order valence-corrected chi connectivity index (χ1v) is 12.8. The maximum atomic E-state index is 9.90. The lowest BCUT2D eigenvalue weighted by atomic mass is 9.55. The number of nitrogens with zero attached hydrogens (tertiary/aromatic N) is 3. The van der Waals surface area contributed by atoms with Crippen LogP contribution >= 0.6 is 0 Å². The number of phenols is 1. The third kappa shape index (κ3) is 3.98. The first-order chi connectivity index (χ1) is 16.0. The van der Waals surface area contributed by atoms with Crippen molar-refractivity contribution in [3.8, 4) is 5.75 Å². The van der Waals surface area contributed by atoms with Gasteiger partial charge in [-0.2, -0.15) is 10.2 Å². The molecule has 0 saturated heterocycles. The minimum absolute atomic E-state index is 0.180. The molecule has 2 aromatic carbocycles. The maximum Gasteiger partial charge on any atom is 0.115 e. The summed E-state index contributed by atoms with van der Waals surface area (Å²) in [5.41, 5.74) is 6.70. The van der Waals surface area contributed by atoms with E-state index in [1.54, 1.807) is 0 Å². The number of benzene rings is 2. The van der Waals surface area contributed by atoms with Crippen LogP contribution in [0.25, 0.3) is 0 Å². The molecule has 33 heavy (non-hydrogen) atoms. The summed E-state index contributed by atoms with van der Waals surface area (Å²) in [4.78, 5) is 2.35. The number of rotatable bonds is 5. The van der Waals surface area contributed by atoms with Gasteiger partial charge in [0.1, 0.15) is 5.75 Å². The molecule has 4 heteroatoms. The predicted octanol–water partition coefficient (Wildman–Crippen LogP) is 6.57. The maximum absolute atomic E-state index is 9.90. The molecule has 3 aliphatic carbocycles. The Morgan fingerprint density at radius 2 is 1.82 bits per heavy atom. The Morgan fingerprint density at radius 1 is 1.03 bits per heavy atom. The average Bonchev–Trinajstić information content (AvgIpc) is 3.17. The van der Waals surface area contributed by atoms with E-state index in [0.717, 1.165) is 37.4 Å². The van der Waals surface area contributed by atoms with E-state index in [9.17, 15) is 5.11 Å². The Kier molecular flexibility index (Phi) is 6.03. The van der Waals surface area contributed by atoms with Gasteiger partial charge < -0.3 is 10.0 Å². The van der Waals surface area contributed by atoms with E-state index < -0.39 is 0 Å². The van der Waals surface area contributed by atoms with Gasteiger partial charge in [-0.1, -0.05) is 25.1 Å².